The van der Waals surface area contributed by atoms with E-state index in [0.29, 0.717) is 6.54 Å². The number of hydrogen-bond acceptors (Lipinski definition) is 2. The van der Waals surface area contributed by atoms with Crippen LogP contribution in [0.25, 0.3) is 6.08 Å². The minimum Gasteiger partial charge on any atom is -0.371 e. The molecule has 0 aliphatic carbocycles. The highest BCUT2D eigenvalue weighted by Crippen LogP contribution is 2.26. The quantitative estimate of drug-likeness (QED) is 0.841. The summed E-state index contributed by atoms with van der Waals surface area (Å²) in [5, 5.41) is 0. The van der Waals surface area contributed by atoms with Crippen molar-refractivity contribution in [3.63, 3.8) is 0 Å². The van der Waals surface area contributed by atoms with Gasteiger partial charge in [-0.05, 0) is 37.5 Å². The van der Waals surface area contributed by atoms with E-state index in [0.717, 1.165) is 0 Å². The zero-order valence-corrected chi connectivity index (χ0v) is 9.95. The van der Waals surface area contributed by atoms with Gasteiger partial charge in [0, 0.05) is 25.3 Å². The average Bonchev–Trinajstić information content (AvgIpc) is 2.80. The Morgan fingerprint density at radius 3 is 2.75 bits per heavy atom. The van der Waals surface area contributed by atoms with Crippen LogP contribution in [0.15, 0.2) is 24.3 Å². The first-order valence-electron chi connectivity index (χ1n) is 6.03. The van der Waals surface area contributed by atoms with Crippen LogP contribution in [0.3, 0.4) is 0 Å². The molecular formula is C14H20N2. The molecule has 0 aromatic heterocycles. The molecule has 1 fully saturated rings. The van der Waals surface area contributed by atoms with Gasteiger partial charge in [0.05, 0.1) is 0 Å². The second kappa shape index (κ2) is 5.17. The Kier molecular flexibility index (Phi) is 3.62. The van der Waals surface area contributed by atoms with Gasteiger partial charge >= 0.3 is 0 Å². The van der Waals surface area contributed by atoms with Gasteiger partial charge in [0.25, 0.3) is 0 Å². The number of hydrogen-bond donors (Lipinski definition) is 1. The molecule has 0 unspecified atom stereocenters. The van der Waals surface area contributed by atoms with Crippen molar-refractivity contribution in [1.82, 2.24) is 0 Å². The van der Waals surface area contributed by atoms with Crippen molar-refractivity contribution in [3.8, 4) is 0 Å². The monoisotopic (exact) mass is 216 g/mol. The van der Waals surface area contributed by atoms with Crippen LogP contribution in [0.1, 0.15) is 24.0 Å². The third-order valence-corrected chi connectivity index (χ3v) is 3.06. The first-order chi connectivity index (χ1) is 7.81. The highest BCUT2D eigenvalue weighted by atomic mass is 15.1. The van der Waals surface area contributed by atoms with Gasteiger partial charge in [-0.15, -0.1) is 0 Å². The van der Waals surface area contributed by atoms with Crippen LogP contribution in [0.5, 0.6) is 0 Å². The van der Waals surface area contributed by atoms with Crippen LogP contribution >= 0.6 is 0 Å². The molecule has 0 spiro atoms. The van der Waals surface area contributed by atoms with Gasteiger partial charge in [-0.2, -0.15) is 0 Å². The molecule has 0 atom stereocenters. The van der Waals surface area contributed by atoms with Crippen molar-refractivity contribution in [3.05, 3.63) is 35.4 Å². The predicted octanol–water partition coefficient (Wildman–Crippen LogP) is 2.57. The minimum atomic E-state index is 0.605. The van der Waals surface area contributed by atoms with Gasteiger partial charge < -0.3 is 10.6 Å². The molecule has 0 bridgehead atoms. The van der Waals surface area contributed by atoms with E-state index in [1.54, 1.807) is 0 Å². The zero-order chi connectivity index (χ0) is 11.4. The Hall–Kier alpha value is -1.28. The van der Waals surface area contributed by atoms with E-state index in [2.05, 4.69) is 36.1 Å². The van der Waals surface area contributed by atoms with Crippen molar-refractivity contribution < 1.29 is 0 Å². The van der Waals surface area contributed by atoms with Crippen LogP contribution in [-0.4, -0.2) is 19.6 Å². The number of anilines is 1. The summed E-state index contributed by atoms with van der Waals surface area (Å²) in [6.07, 6.45) is 6.79. The normalized spacial score (nSPS) is 16.2. The molecule has 86 valence electrons. The molecule has 2 N–H and O–H groups in total. The number of benzene rings is 1. The molecular weight excluding hydrogens is 196 g/mol. The summed E-state index contributed by atoms with van der Waals surface area (Å²) in [5.74, 6) is 0. The fourth-order valence-corrected chi connectivity index (χ4v) is 2.25. The fraction of sp³-hybridized carbons (Fsp3) is 0.429. The van der Waals surface area contributed by atoms with Gasteiger partial charge in [0.15, 0.2) is 0 Å². The maximum absolute atomic E-state index is 5.52. The van der Waals surface area contributed by atoms with Crippen molar-refractivity contribution in [2.45, 2.75) is 19.8 Å². The van der Waals surface area contributed by atoms with Crippen LogP contribution < -0.4 is 10.6 Å². The van der Waals surface area contributed by atoms with Gasteiger partial charge in [-0.25, -0.2) is 0 Å². The molecule has 1 heterocycles. The SMILES string of the molecule is Cc1ccc(N2CCCC2)c(/C=C/CN)c1. The molecule has 16 heavy (non-hydrogen) atoms. The Labute approximate surface area is 97.8 Å². The summed E-state index contributed by atoms with van der Waals surface area (Å²) in [6, 6.07) is 6.66. The highest BCUT2D eigenvalue weighted by Gasteiger charge is 2.14. The largest absolute Gasteiger partial charge is 0.371 e. The number of rotatable bonds is 3. The van der Waals surface area contributed by atoms with Crippen molar-refractivity contribution >= 4 is 11.8 Å². The van der Waals surface area contributed by atoms with Crippen molar-refractivity contribution in [1.29, 1.82) is 0 Å². The molecule has 1 aliphatic rings. The summed E-state index contributed by atoms with van der Waals surface area (Å²) in [7, 11) is 0. The first-order valence-corrected chi connectivity index (χ1v) is 6.03. The molecule has 2 rings (SSSR count). The Balaban J connectivity index is 2.31. The van der Waals surface area contributed by atoms with E-state index in [-0.39, 0.29) is 0 Å². The average molecular weight is 216 g/mol. The molecule has 0 saturated carbocycles. The second-order valence-corrected chi connectivity index (χ2v) is 4.39. The molecule has 2 heteroatoms. The van der Waals surface area contributed by atoms with Gasteiger partial charge in [0.1, 0.15) is 0 Å². The lowest BCUT2D eigenvalue weighted by atomic mass is 10.1. The lowest BCUT2D eigenvalue weighted by molar-refractivity contribution is 0.949. The topological polar surface area (TPSA) is 29.3 Å². The molecule has 1 aliphatic heterocycles. The fourth-order valence-electron chi connectivity index (χ4n) is 2.25. The lowest BCUT2D eigenvalue weighted by Crippen LogP contribution is -2.18. The lowest BCUT2D eigenvalue weighted by Gasteiger charge is -2.20. The van der Waals surface area contributed by atoms with Crippen LogP contribution in [0.4, 0.5) is 5.69 Å². The Morgan fingerprint density at radius 1 is 1.31 bits per heavy atom. The summed E-state index contributed by atoms with van der Waals surface area (Å²) >= 11 is 0. The predicted molar refractivity (Wildman–Crippen MR) is 70.7 cm³/mol. The number of nitrogens with zero attached hydrogens (tertiary/aromatic N) is 1. The first kappa shape index (κ1) is 11.2. The summed E-state index contributed by atoms with van der Waals surface area (Å²) in [4.78, 5) is 2.47. The molecule has 0 radical (unpaired) electrons. The molecule has 1 saturated heterocycles. The molecule has 1 aromatic carbocycles. The highest BCUT2D eigenvalue weighted by molar-refractivity contribution is 5.69. The third-order valence-electron chi connectivity index (χ3n) is 3.06. The van der Waals surface area contributed by atoms with E-state index >= 15 is 0 Å². The van der Waals surface area contributed by atoms with Gasteiger partial charge in [-0.3, -0.25) is 0 Å². The Morgan fingerprint density at radius 2 is 2.06 bits per heavy atom. The van der Waals surface area contributed by atoms with E-state index in [9.17, 15) is 0 Å². The van der Waals surface area contributed by atoms with Crippen LogP contribution in [-0.2, 0) is 0 Å². The van der Waals surface area contributed by atoms with Gasteiger partial charge in [-0.1, -0.05) is 23.8 Å². The van der Waals surface area contributed by atoms with E-state index in [1.165, 1.54) is 42.7 Å². The Bertz CT molecular complexity index is 376. The zero-order valence-electron chi connectivity index (χ0n) is 9.95. The third kappa shape index (κ3) is 2.45. The van der Waals surface area contributed by atoms with Crippen LogP contribution in [0, 0.1) is 6.92 Å². The van der Waals surface area contributed by atoms with Gasteiger partial charge in [0.2, 0.25) is 0 Å². The van der Waals surface area contributed by atoms with E-state index < -0.39 is 0 Å². The standard InChI is InChI=1S/C14H20N2/c1-12-6-7-14(16-9-2-3-10-16)13(11-12)5-4-8-15/h4-7,11H,2-3,8-10,15H2,1H3/b5-4+. The van der Waals surface area contributed by atoms with Crippen LogP contribution in [0.2, 0.25) is 0 Å². The smallest absolute Gasteiger partial charge is 0.0439 e. The maximum Gasteiger partial charge on any atom is 0.0439 e. The van der Waals surface area contributed by atoms with Crippen molar-refractivity contribution in [2.24, 2.45) is 5.73 Å². The molecule has 0 amide bonds. The summed E-state index contributed by atoms with van der Waals surface area (Å²) < 4.78 is 0. The minimum absolute atomic E-state index is 0.605. The summed E-state index contributed by atoms with van der Waals surface area (Å²) in [6.45, 7) is 5.11. The van der Waals surface area contributed by atoms with E-state index in [1.807, 2.05) is 6.08 Å². The number of nitrogens with two attached hydrogens (primary N) is 1. The molecule has 2 nitrogen and oxygen atoms in total. The maximum atomic E-state index is 5.52. The molecule has 1 aromatic rings. The van der Waals surface area contributed by atoms with E-state index in [4.69, 9.17) is 5.73 Å². The summed E-state index contributed by atoms with van der Waals surface area (Å²) in [5.41, 5.74) is 9.48. The number of aryl methyl sites for hydroxylation is 1. The second-order valence-electron chi connectivity index (χ2n) is 4.39. The van der Waals surface area contributed by atoms with Crippen molar-refractivity contribution in [2.75, 3.05) is 24.5 Å².